The lowest BCUT2D eigenvalue weighted by Crippen LogP contribution is -2.36. The summed E-state index contributed by atoms with van der Waals surface area (Å²) in [6.07, 6.45) is -3.91. The molecule has 1 aliphatic rings. The maximum atomic E-state index is 12.5. The van der Waals surface area contributed by atoms with Gasteiger partial charge in [-0.2, -0.15) is 13.2 Å². The number of hydrogen-bond donors (Lipinski definition) is 2. The molecule has 2 amide bonds. The lowest BCUT2D eigenvalue weighted by Gasteiger charge is -2.28. The molecule has 3 rings (SSSR count). The van der Waals surface area contributed by atoms with Crippen molar-refractivity contribution >= 4 is 23.2 Å². The minimum absolute atomic E-state index is 0.113. The van der Waals surface area contributed by atoms with Gasteiger partial charge in [0.1, 0.15) is 0 Å². The van der Waals surface area contributed by atoms with Crippen LogP contribution in [0.2, 0.25) is 0 Å². The summed E-state index contributed by atoms with van der Waals surface area (Å²) in [4.78, 5) is 26.0. The van der Waals surface area contributed by atoms with Gasteiger partial charge in [-0.25, -0.2) is 0 Å². The number of hydrogen-bond acceptors (Lipinski definition) is 4. The first-order valence-corrected chi connectivity index (χ1v) is 9.51. The predicted octanol–water partition coefficient (Wildman–Crippen LogP) is 2.84. The maximum Gasteiger partial charge on any atom is 0.416 e. The van der Waals surface area contributed by atoms with E-state index < -0.39 is 23.6 Å². The number of halogens is 3. The number of morpholine rings is 1. The lowest BCUT2D eigenvalue weighted by atomic mass is 10.1. The van der Waals surface area contributed by atoms with Gasteiger partial charge >= 0.3 is 18.0 Å². The number of alkyl halides is 3. The number of nitrogens with zero attached hydrogens (tertiary/aromatic N) is 1. The van der Waals surface area contributed by atoms with Crippen LogP contribution < -0.4 is 15.5 Å². The first kappa shape index (κ1) is 21.6. The molecular formula is C21H22F3N3O3. The van der Waals surface area contributed by atoms with Crippen molar-refractivity contribution in [2.45, 2.75) is 12.6 Å². The van der Waals surface area contributed by atoms with Crippen LogP contribution in [0.4, 0.5) is 24.5 Å². The van der Waals surface area contributed by atoms with Crippen LogP contribution in [0, 0.1) is 0 Å². The summed E-state index contributed by atoms with van der Waals surface area (Å²) < 4.78 is 43.0. The van der Waals surface area contributed by atoms with Gasteiger partial charge in [0, 0.05) is 31.0 Å². The highest BCUT2D eigenvalue weighted by Gasteiger charge is 2.30. The molecule has 0 radical (unpaired) electrons. The number of anilines is 2. The number of amides is 2. The first-order chi connectivity index (χ1) is 14.3. The van der Waals surface area contributed by atoms with Gasteiger partial charge in [-0.1, -0.05) is 12.1 Å². The average Bonchev–Trinajstić information content (AvgIpc) is 2.74. The van der Waals surface area contributed by atoms with Crippen molar-refractivity contribution in [1.82, 2.24) is 5.32 Å². The Bertz CT molecular complexity index is 862. The van der Waals surface area contributed by atoms with E-state index in [-0.39, 0.29) is 12.2 Å². The summed E-state index contributed by atoms with van der Waals surface area (Å²) in [6, 6.07) is 11.9. The minimum Gasteiger partial charge on any atom is -0.378 e. The van der Waals surface area contributed by atoms with E-state index in [9.17, 15) is 22.8 Å². The van der Waals surface area contributed by atoms with Gasteiger partial charge < -0.3 is 20.3 Å². The number of carbonyl (C=O) groups is 2. The smallest absolute Gasteiger partial charge is 0.378 e. The highest BCUT2D eigenvalue weighted by atomic mass is 19.4. The molecule has 6 nitrogen and oxygen atoms in total. The zero-order chi connectivity index (χ0) is 21.6. The Hall–Kier alpha value is -3.07. The third-order valence-electron chi connectivity index (χ3n) is 4.69. The summed E-state index contributed by atoms with van der Waals surface area (Å²) in [7, 11) is 0. The van der Waals surface area contributed by atoms with Gasteiger partial charge in [0.15, 0.2) is 0 Å². The van der Waals surface area contributed by atoms with Gasteiger partial charge in [0.05, 0.1) is 18.8 Å². The third kappa shape index (κ3) is 5.96. The van der Waals surface area contributed by atoms with Crippen molar-refractivity contribution in [3.8, 4) is 0 Å². The van der Waals surface area contributed by atoms with E-state index in [4.69, 9.17) is 4.74 Å². The number of carbonyl (C=O) groups excluding carboxylic acids is 2. The number of nitrogens with one attached hydrogen (secondary N) is 2. The van der Waals surface area contributed by atoms with E-state index in [1.807, 2.05) is 24.3 Å². The van der Waals surface area contributed by atoms with E-state index in [1.165, 1.54) is 0 Å². The van der Waals surface area contributed by atoms with Gasteiger partial charge in [-0.3, -0.25) is 9.59 Å². The van der Waals surface area contributed by atoms with Crippen molar-refractivity contribution in [2.24, 2.45) is 0 Å². The molecule has 2 N–H and O–H groups in total. The zero-order valence-electron chi connectivity index (χ0n) is 16.2. The molecule has 2 aromatic rings. The van der Waals surface area contributed by atoms with E-state index in [2.05, 4.69) is 15.5 Å². The molecule has 0 saturated carbocycles. The molecule has 0 atom stereocenters. The van der Waals surface area contributed by atoms with Crippen LogP contribution in [0.5, 0.6) is 0 Å². The van der Waals surface area contributed by atoms with E-state index >= 15 is 0 Å². The lowest BCUT2D eigenvalue weighted by molar-refractivity contribution is -0.137. The number of ether oxygens (including phenoxy) is 1. The van der Waals surface area contributed by atoms with Gasteiger partial charge in [-0.15, -0.1) is 0 Å². The normalized spacial score (nSPS) is 14.3. The summed E-state index contributed by atoms with van der Waals surface area (Å²) >= 11 is 0. The molecule has 2 aromatic carbocycles. The minimum atomic E-state index is -4.46. The molecule has 0 spiro atoms. The molecule has 30 heavy (non-hydrogen) atoms. The van der Waals surface area contributed by atoms with Crippen LogP contribution in [0.25, 0.3) is 0 Å². The second-order valence-corrected chi connectivity index (χ2v) is 6.80. The monoisotopic (exact) mass is 421 g/mol. The Kier molecular flexibility index (Phi) is 6.94. The Labute approximate surface area is 172 Å². The second kappa shape index (κ2) is 9.62. The molecule has 0 unspecified atom stereocenters. The summed E-state index contributed by atoms with van der Waals surface area (Å²) in [5, 5.41) is 4.79. The van der Waals surface area contributed by atoms with Crippen LogP contribution in [-0.2, 0) is 26.9 Å². The number of rotatable bonds is 5. The molecule has 0 aromatic heterocycles. The quantitative estimate of drug-likeness (QED) is 0.729. The Morgan fingerprint density at radius 3 is 2.17 bits per heavy atom. The zero-order valence-corrected chi connectivity index (χ0v) is 16.2. The molecule has 9 heteroatoms. The van der Waals surface area contributed by atoms with Crippen molar-refractivity contribution < 1.29 is 27.5 Å². The van der Waals surface area contributed by atoms with E-state index in [1.54, 1.807) is 0 Å². The highest BCUT2D eigenvalue weighted by molar-refractivity contribution is 6.39. The average molecular weight is 421 g/mol. The number of benzene rings is 2. The molecule has 0 aliphatic carbocycles. The fraction of sp³-hybridized carbons (Fsp3) is 0.333. The Balaban J connectivity index is 1.43. The summed E-state index contributed by atoms with van der Waals surface area (Å²) in [6.45, 7) is 3.38. The van der Waals surface area contributed by atoms with Gasteiger partial charge in [0.25, 0.3) is 0 Å². The predicted molar refractivity (Wildman–Crippen MR) is 106 cm³/mol. The van der Waals surface area contributed by atoms with Crippen LogP contribution in [0.15, 0.2) is 48.5 Å². The molecule has 1 fully saturated rings. The summed E-state index contributed by atoms with van der Waals surface area (Å²) in [5.41, 5.74) is 1.41. The van der Waals surface area contributed by atoms with Crippen molar-refractivity contribution in [1.29, 1.82) is 0 Å². The maximum absolute atomic E-state index is 12.5. The van der Waals surface area contributed by atoms with Crippen molar-refractivity contribution in [3.05, 3.63) is 59.7 Å². The Morgan fingerprint density at radius 1 is 0.933 bits per heavy atom. The molecule has 1 saturated heterocycles. The van der Waals surface area contributed by atoms with Crippen LogP contribution in [0.1, 0.15) is 11.1 Å². The molecule has 1 heterocycles. The van der Waals surface area contributed by atoms with E-state index in [0.29, 0.717) is 19.6 Å². The molecule has 160 valence electrons. The molecular weight excluding hydrogens is 399 g/mol. The highest BCUT2D eigenvalue weighted by Crippen LogP contribution is 2.29. The second-order valence-electron chi connectivity index (χ2n) is 6.80. The standard InChI is InChI=1S/C21H22F3N3O3/c22-21(23,24)16-3-5-17(6-4-16)26-20(29)19(28)25-10-9-15-1-7-18(8-2-15)27-11-13-30-14-12-27/h1-8H,9-14H2,(H,25,28)(H,26,29). The SMILES string of the molecule is O=C(NCCc1ccc(N2CCOCC2)cc1)C(=O)Nc1ccc(C(F)(F)F)cc1. The van der Waals surface area contributed by atoms with E-state index in [0.717, 1.165) is 48.6 Å². The van der Waals surface area contributed by atoms with Crippen molar-refractivity contribution in [2.75, 3.05) is 43.1 Å². The fourth-order valence-corrected chi connectivity index (χ4v) is 3.03. The third-order valence-corrected chi connectivity index (χ3v) is 4.69. The topological polar surface area (TPSA) is 70.7 Å². The van der Waals surface area contributed by atoms with Crippen molar-refractivity contribution in [3.63, 3.8) is 0 Å². The summed E-state index contributed by atoms with van der Waals surface area (Å²) in [5.74, 6) is -1.78. The van der Waals surface area contributed by atoms with Crippen LogP contribution in [0.3, 0.4) is 0 Å². The van der Waals surface area contributed by atoms with Gasteiger partial charge in [0.2, 0.25) is 0 Å². The van der Waals surface area contributed by atoms with Crippen LogP contribution >= 0.6 is 0 Å². The molecule has 1 aliphatic heterocycles. The van der Waals surface area contributed by atoms with Gasteiger partial charge in [-0.05, 0) is 48.4 Å². The first-order valence-electron chi connectivity index (χ1n) is 9.51. The van der Waals surface area contributed by atoms with Crippen LogP contribution in [-0.4, -0.2) is 44.7 Å². The largest absolute Gasteiger partial charge is 0.416 e. The molecule has 0 bridgehead atoms. The Morgan fingerprint density at radius 2 is 1.57 bits per heavy atom. The fourth-order valence-electron chi connectivity index (χ4n) is 3.03.